The van der Waals surface area contributed by atoms with Crippen molar-refractivity contribution in [2.45, 2.75) is 180 Å². The second-order valence-electron chi connectivity index (χ2n) is 14.4. The fourth-order valence-electron chi connectivity index (χ4n) is 5.56. The summed E-state index contributed by atoms with van der Waals surface area (Å²) in [4.78, 5) is 33.5. The lowest BCUT2D eigenvalue weighted by atomic mass is 10.1. The summed E-state index contributed by atoms with van der Waals surface area (Å²) in [5.41, 5.74) is 5.35. The standard InChI is InChI=1S/C46H80NO9P/c1-3-5-7-9-11-13-15-17-19-20-21-22-23-24-25-26-28-30-32-34-36-38-45(48)56-43(41-54-57(51,52)55-42-44(47)46(49)50)40-53-39-37-35-33-31-29-27-18-16-14-12-10-8-6-4-2/h6,8,12,14-15,17-18,20-21,23-24,27,43-44H,3-5,7,9-11,13,16,19,22,25-26,28-42,47H2,1-2H3,(H,49,50)(H,51,52)/b8-6-,14-12-,17-15-,21-20-,24-23-,27-18-. The molecule has 0 aliphatic heterocycles. The van der Waals surface area contributed by atoms with E-state index < -0.39 is 45.1 Å². The number of allylic oxidation sites excluding steroid dienone is 12. The van der Waals surface area contributed by atoms with Gasteiger partial charge in [-0.05, 0) is 83.5 Å². The van der Waals surface area contributed by atoms with Gasteiger partial charge in [0.05, 0.1) is 19.8 Å². The monoisotopic (exact) mass is 822 g/mol. The number of phosphoric acid groups is 1. The first-order chi connectivity index (χ1) is 27.7. The smallest absolute Gasteiger partial charge is 0.472 e. The van der Waals surface area contributed by atoms with Crippen LogP contribution >= 0.6 is 7.82 Å². The van der Waals surface area contributed by atoms with E-state index in [4.69, 9.17) is 29.4 Å². The Labute approximate surface area is 346 Å². The van der Waals surface area contributed by atoms with E-state index in [1.165, 1.54) is 38.5 Å². The molecule has 11 heteroatoms. The molecule has 0 aromatic heterocycles. The first-order valence-corrected chi connectivity index (χ1v) is 23.5. The van der Waals surface area contributed by atoms with Gasteiger partial charge in [0.25, 0.3) is 0 Å². The maximum absolute atomic E-state index is 12.6. The van der Waals surface area contributed by atoms with Gasteiger partial charge in [-0.2, -0.15) is 0 Å². The molecule has 57 heavy (non-hydrogen) atoms. The van der Waals surface area contributed by atoms with E-state index in [9.17, 15) is 19.0 Å². The lowest BCUT2D eigenvalue weighted by molar-refractivity contribution is -0.154. The Bertz CT molecular complexity index is 1180. The number of esters is 1. The third-order valence-corrected chi connectivity index (χ3v) is 9.92. The lowest BCUT2D eigenvalue weighted by Crippen LogP contribution is -2.34. The zero-order valence-corrected chi connectivity index (χ0v) is 36.6. The van der Waals surface area contributed by atoms with Crippen LogP contribution in [0.3, 0.4) is 0 Å². The Kier molecular flexibility index (Phi) is 39.7. The second-order valence-corrected chi connectivity index (χ2v) is 15.9. The zero-order valence-electron chi connectivity index (χ0n) is 35.7. The molecule has 4 N–H and O–H groups in total. The number of rotatable bonds is 41. The first-order valence-electron chi connectivity index (χ1n) is 22.0. The van der Waals surface area contributed by atoms with Crippen LogP contribution in [0.1, 0.15) is 168 Å². The maximum atomic E-state index is 12.6. The molecule has 0 rings (SSSR count). The number of carbonyl (C=O) groups excluding carboxylic acids is 1. The summed E-state index contributed by atoms with van der Waals surface area (Å²) in [7, 11) is -4.63. The third-order valence-electron chi connectivity index (χ3n) is 8.97. The van der Waals surface area contributed by atoms with Crippen molar-refractivity contribution >= 4 is 19.8 Å². The van der Waals surface area contributed by atoms with E-state index in [0.29, 0.717) is 13.0 Å². The number of hydrogen-bond donors (Lipinski definition) is 3. The maximum Gasteiger partial charge on any atom is 0.472 e. The molecule has 0 bridgehead atoms. The lowest BCUT2D eigenvalue weighted by Gasteiger charge is -2.20. The molecule has 0 radical (unpaired) electrons. The van der Waals surface area contributed by atoms with Crippen molar-refractivity contribution in [1.29, 1.82) is 0 Å². The molecule has 0 spiro atoms. The van der Waals surface area contributed by atoms with Crippen molar-refractivity contribution in [2.24, 2.45) is 5.73 Å². The van der Waals surface area contributed by atoms with Crippen LogP contribution in [0, 0.1) is 0 Å². The first kappa shape index (κ1) is 54.4. The molecule has 0 saturated heterocycles. The molecule has 3 unspecified atom stereocenters. The van der Waals surface area contributed by atoms with Crippen molar-refractivity contribution in [3.63, 3.8) is 0 Å². The predicted molar refractivity (Wildman–Crippen MR) is 235 cm³/mol. The molecular formula is C46H80NO9P. The number of aliphatic carboxylic acids is 1. The second kappa shape index (κ2) is 41.6. The Morgan fingerprint density at radius 3 is 1.53 bits per heavy atom. The fourth-order valence-corrected chi connectivity index (χ4v) is 6.34. The van der Waals surface area contributed by atoms with E-state index in [2.05, 4.69) is 86.8 Å². The van der Waals surface area contributed by atoms with Crippen molar-refractivity contribution in [3.05, 3.63) is 72.9 Å². The van der Waals surface area contributed by atoms with Gasteiger partial charge >= 0.3 is 19.8 Å². The third kappa shape index (κ3) is 41.4. The normalized spacial score (nSPS) is 14.6. The number of hydrogen-bond acceptors (Lipinski definition) is 8. The minimum atomic E-state index is -4.63. The predicted octanol–water partition coefficient (Wildman–Crippen LogP) is 12.2. The van der Waals surface area contributed by atoms with Crippen molar-refractivity contribution in [2.75, 3.05) is 26.4 Å². The molecule has 0 aromatic rings. The molecule has 328 valence electrons. The Hall–Kier alpha value is -2.59. The van der Waals surface area contributed by atoms with E-state index in [1.54, 1.807) is 0 Å². The molecule has 0 fully saturated rings. The topological polar surface area (TPSA) is 155 Å². The minimum Gasteiger partial charge on any atom is -0.480 e. The van der Waals surface area contributed by atoms with Crippen LogP contribution in [0.2, 0.25) is 0 Å². The number of carboxylic acid groups (broad SMARTS) is 1. The van der Waals surface area contributed by atoms with Gasteiger partial charge in [0.1, 0.15) is 12.1 Å². The van der Waals surface area contributed by atoms with Crippen molar-refractivity contribution in [3.8, 4) is 0 Å². The fraction of sp³-hybridized carbons (Fsp3) is 0.696. The quantitative estimate of drug-likeness (QED) is 0.0235. The van der Waals surface area contributed by atoms with Crippen molar-refractivity contribution in [1.82, 2.24) is 0 Å². The number of unbranched alkanes of at least 4 members (excludes halogenated alkanes) is 15. The van der Waals surface area contributed by atoms with Gasteiger partial charge in [-0.1, -0.05) is 151 Å². The van der Waals surface area contributed by atoms with E-state index in [-0.39, 0.29) is 13.0 Å². The summed E-state index contributed by atoms with van der Waals surface area (Å²) < 4.78 is 33.3. The molecule has 0 aliphatic carbocycles. The summed E-state index contributed by atoms with van der Waals surface area (Å²) >= 11 is 0. The molecule has 10 nitrogen and oxygen atoms in total. The highest BCUT2D eigenvalue weighted by atomic mass is 31.2. The van der Waals surface area contributed by atoms with Gasteiger partial charge in [0.2, 0.25) is 0 Å². The Morgan fingerprint density at radius 2 is 1.02 bits per heavy atom. The van der Waals surface area contributed by atoms with Gasteiger partial charge < -0.3 is 25.2 Å². The number of carbonyl (C=O) groups is 2. The van der Waals surface area contributed by atoms with E-state index >= 15 is 0 Å². The van der Waals surface area contributed by atoms with Gasteiger partial charge in [-0.25, -0.2) is 4.57 Å². The van der Waals surface area contributed by atoms with Gasteiger partial charge in [-0.3, -0.25) is 18.6 Å². The molecule has 0 saturated carbocycles. The van der Waals surface area contributed by atoms with Crippen LogP contribution in [-0.2, 0) is 32.7 Å². The van der Waals surface area contributed by atoms with E-state index in [0.717, 1.165) is 103 Å². The summed E-state index contributed by atoms with van der Waals surface area (Å²) in [5.74, 6) is -1.81. The number of nitrogens with two attached hydrogens (primary N) is 1. The van der Waals surface area contributed by atoms with Crippen molar-refractivity contribution < 1.29 is 42.7 Å². The summed E-state index contributed by atoms with van der Waals surface area (Å²) in [6, 6.07) is -1.48. The average Bonchev–Trinajstić information content (AvgIpc) is 3.19. The van der Waals surface area contributed by atoms with E-state index in [1.807, 2.05) is 0 Å². The highest BCUT2D eigenvalue weighted by Crippen LogP contribution is 2.43. The average molecular weight is 822 g/mol. The molecule has 0 amide bonds. The summed E-state index contributed by atoms with van der Waals surface area (Å²) in [6.45, 7) is 3.67. The Morgan fingerprint density at radius 1 is 0.579 bits per heavy atom. The van der Waals surface area contributed by atoms with Crippen LogP contribution in [0.5, 0.6) is 0 Å². The number of phosphoric ester groups is 1. The SMILES string of the molecule is CC/C=C\C/C=C\C/C=C\CCCCCCOCC(COP(=O)(O)OCC(N)C(=O)O)OC(=O)CCCCCCCC/C=C\C/C=C\C/C=C\CCCCCCC. The van der Waals surface area contributed by atoms with Gasteiger partial charge in [-0.15, -0.1) is 0 Å². The number of ether oxygens (including phenoxy) is 2. The van der Waals surface area contributed by atoms with Gasteiger partial charge in [0.15, 0.2) is 0 Å². The van der Waals surface area contributed by atoms with Crippen LogP contribution in [0.15, 0.2) is 72.9 Å². The molecular weight excluding hydrogens is 741 g/mol. The summed E-state index contributed by atoms with van der Waals surface area (Å²) in [6.07, 6.45) is 51.0. The van der Waals surface area contributed by atoms with Crippen LogP contribution < -0.4 is 5.73 Å². The molecule has 0 aromatic carbocycles. The largest absolute Gasteiger partial charge is 0.480 e. The summed E-state index contributed by atoms with van der Waals surface area (Å²) in [5, 5.41) is 8.89. The number of carboxylic acids is 1. The van der Waals surface area contributed by atoms with Crippen LogP contribution in [0.4, 0.5) is 0 Å². The molecule has 3 atom stereocenters. The minimum absolute atomic E-state index is 0.00768. The Balaban J connectivity index is 4.29. The van der Waals surface area contributed by atoms with Crippen LogP contribution in [-0.4, -0.2) is 60.5 Å². The molecule has 0 heterocycles. The highest BCUT2D eigenvalue weighted by Gasteiger charge is 2.27. The van der Waals surface area contributed by atoms with Crippen LogP contribution in [0.25, 0.3) is 0 Å². The zero-order chi connectivity index (χ0) is 41.9. The van der Waals surface area contributed by atoms with Gasteiger partial charge in [0, 0.05) is 13.0 Å². The molecule has 0 aliphatic rings. The highest BCUT2D eigenvalue weighted by molar-refractivity contribution is 7.47.